The second kappa shape index (κ2) is 10.5. The molecule has 10 nitrogen and oxygen atoms in total. The molecule has 0 radical (unpaired) electrons. The summed E-state index contributed by atoms with van der Waals surface area (Å²) in [5, 5.41) is 1.71. The van der Waals surface area contributed by atoms with E-state index in [9.17, 15) is 9.59 Å². The number of nitrogens with two attached hydrogens (primary N) is 5. The summed E-state index contributed by atoms with van der Waals surface area (Å²) >= 11 is 2.52. The van der Waals surface area contributed by atoms with Gasteiger partial charge < -0.3 is 33.6 Å². The van der Waals surface area contributed by atoms with Gasteiger partial charge in [0.2, 0.25) is 0 Å². The van der Waals surface area contributed by atoms with Gasteiger partial charge in [-0.1, -0.05) is 13.8 Å². The van der Waals surface area contributed by atoms with E-state index >= 15 is 0 Å². The molecule has 0 aliphatic carbocycles. The van der Waals surface area contributed by atoms with E-state index < -0.39 is 11.8 Å². The molecule has 5 rings (SSSR count). The Kier molecular flexibility index (Phi) is 7.53. The number of carbonyl (C=O) groups is 2. The third-order valence-corrected chi connectivity index (χ3v) is 8.73. The zero-order valence-electron chi connectivity index (χ0n) is 21.1. The Bertz CT molecular complexity index is 1490. The molecule has 0 atom stereocenters. The number of pyridine rings is 2. The van der Waals surface area contributed by atoms with Crippen molar-refractivity contribution >= 4 is 72.1 Å². The molecule has 1 aliphatic rings. The van der Waals surface area contributed by atoms with Gasteiger partial charge in [0.1, 0.15) is 25.2 Å². The van der Waals surface area contributed by atoms with Gasteiger partial charge in [0.25, 0.3) is 11.8 Å². The van der Waals surface area contributed by atoms with Crippen LogP contribution in [0.15, 0.2) is 18.3 Å². The predicted octanol–water partition coefficient (Wildman–Crippen LogP) is 3.31. The number of hydrogen-bond donors (Lipinski definition) is 5. The lowest BCUT2D eigenvalue weighted by molar-refractivity contribution is 0.0996. The summed E-state index contributed by atoms with van der Waals surface area (Å²) in [4.78, 5) is 36.1. The predicted molar refractivity (Wildman–Crippen MR) is 153 cm³/mol. The van der Waals surface area contributed by atoms with Gasteiger partial charge in [-0.05, 0) is 48.9 Å². The number of aromatic nitrogens is 2. The number of fused-ring (bicyclic) bond motifs is 2. The molecule has 37 heavy (non-hydrogen) atoms. The zero-order valence-corrected chi connectivity index (χ0v) is 22.7. The Balaban J connectivity index is 0.000000195. The Hall–Kier alpha value is -3.48. The molecule has 0 aromatic carbocycles. The summed E-state index contributed by atoms with van der Waals surface area (Å²) in [5.41, 5.74) is 31.6. The van der Waals surface area contributed by atoms with Crippen molar-refractivity contribution in [3.05, 3.63) is 39.2 Å². The van der Waals surface area contributed by atoms with E-state index in [4.69, 9.17) is 33.7 Å². The molecule has 4 aromatic rings. The number of thiophene rings is 2. The van der Waals surface area contributed by atoms with E-state index in [0.717, 1.165) is 63.3 Å². The van der Waals surface area contributed by atoms with Crippen LogP contribution in [0, 0.1) is 6.92 Å². The van der Waals surface area contributed by atoms with Crippen molar-refractivity contribution < 1.29 is 9.59 Å². The van der Waals surface area contributed by atoms with Crippen LogP contribution < -0.4 is 33.6 Å². The number of nitrogens with zero attached hydrogens (tertiary/aromatic N) is 3. The van der Waals surface area contributed by atoms with Crippen LogP contribution in [-0.2, 0) is 0 Å². The lowest BCUT2D eigenvalue weighted by atomic mass is 9.99. The monoisotopic (exact) mass is 540 g/mol. The zero-order chi connectivity index (χ0) is 27.0. The van der Waals surface area contributed by atoms with Gasteiger partial charge in [0.15, 0.2) is 0 Å². The van der Waals surface area contributed by atoms with Gasteiger partial charge >= 0.3 is 0 Å². The third-order valence-electron chi connectivity index (χ3n) is 6.49. The first-order chi connectivity index (χ1) is 17.5. The van der Waals surface area contributed by atoms with Crippen LogP contribution in [0.1, 0.15) is 63.1 Å². The maximum absolute atomic E-state index is 11.6. The molecular formula is C25H32N8O2S2. The molecular weight excluding hydrogens is 508 g/mol. The van der Waals surface area contributed by atoms with Crippen molar-refractivity contribution in [2.45, 2.75) is 45.6 Å². The van der Waals surface area contributed by atoms with Gasteiger partial charge in [0.05, 0.1) is 11.4 Å². The molecule has 1 fully saturated rings. The number of nitrogen functional groups attached to an aromatic ring is 2. The average molecular weight is 541 g/mol. The van der Waals surface area contributed by atoms with Gasteiger partial charge in [-0.3, -0.25) is 9.59 Å². The molecule has 5 heterocycles. The summed E-state index contributed by atoms with van der Waals surface area (Å²) in [5.74, 6) is 0.227. The number of primary amides is 2. The number of rotatable bonds is 4. The van der Waals surface area contributed by atoms with Gasteiger partial charge in [-0.25, -0.2) is 9.97 Å². The van der Waals surface area contributed by atoms with E-state index in [2.05, 4.69) is 29.8 Å². The van der Waals surface area contributed by atoms with E-state index in [1.54, 1.807) is 6.20 Å². The van der Waals surface area contributed by atoms with Crippen LogP contribution in [0.3, 0.4) is 0 Å². The molecule has 0 bridgehead atoms. The van der Waals surface area contributed by atoms with Crippen molar-refractivity contribution in [3.8, 4) is 0 Å². The van der Waals surface area contributed by atoms with Gasteiger partial charge in [-0.2, -0.15) is 0 Å². The first kappa shape index (κ1) is 26.6. The maximum Gasteiger partial charge on any atom is 0.260 e. The first-order valence-electron chi connectivity index (χ1n) is 12.0. The fourth-order valence-corrected chi connectivity index (χ4v) is 6.42. The summed E-state index contributed by atoms with van der Waals surface area (Å²) in [6.07, 6.45) is 3.63. The van der Waals surface area contributed by atoms with Crippen molar-refractivity contribution in [2.75, 3.05) is 29.5 Å². The summed E-state index contributed by atoms with van der Waals surface area (Å²) in [6.45, 7) is 7.97. The fourth-order valence-electron chi connectivity index (χ4n) is 4.45. The number of amides is 2. The van der Waals surface area contributed by atoms with Crippen LogP contribution in [-0.4, -0.2) is 40.9 Å². The number of piperidine rings is 1. The lowest BCUT2D eigenvalue weighted by Crippen LogP contribution is -2.40. The fraction of sp³-hybridized carbons (Fsp3) is 0.360. The molecule has 196 valence electrons. The van der Waals surface area contributed by atoms with Crippen LogP contribution in [0.5, 0.6) is 0 Å². The molecule has 4 aromatic heterocycles. The van der Waals surface area contributed by atoms with E-state index in [0.29, 0.717) is 21.1 Å². The highest BCUT2D eigenvalue weighted by molar-refractivity contribution is 7.21. The second-order valence-electron chi connectivity index (χ2n) is 9.46. The molecule has 1 aliphatic heterocycles. The Morgan fingerprint density at radius 1 is 1.00 bits per heavy atom. The molecule has 10 N–H and O–H groups in total. The largest absolute Gasteiger partial charge is 0.397 e. The lowest BCUT2D eigenvalue weighted by Gasteiger charge is -2.31. The number of hydrogen-bond acceptors (Lipinski definition) is 10. The molecule has 0 spiro atoms. The summed E-state index contributed by atoms with van der Waals surface area (Å²) in [6, 6.07) is 4.23. The Labute approximate surface area is 222 Å². The normalized spacial score (nSPS) is 14.2. The highest BCUT2D eigenvalue weighted by Crippen LogP contribution is 2.39. The smallest absolute Gasteiger partial charge is 0.260 e. The quantitative estimate of drug-likeness (QED) is 0.260. The molecule has 12 heteroatoms. The minimum atomic E-state index is -0.495. The van der Waals surface area contributed by atoms with E-state index in [-0.39, 0.29) is 12.0 Å². The van der Waals surface area contributed by atoms with Crippen LogP contribution in [0.25, 0.3) is 20.4 Å². The molecule has 2 amide bonds. The highest BCUT2D eigenvalue weighted by atomic mass is 32.1. The Morgan fingerprint density at radius 3 is 2.11 bits per heavy atom. The summed E-state index contributed by atoms with van der Waals surface area (Å²) in [7, 11) is 0. The number of anilines is 3. The van der Waals surface area contributed by atoms with Gasteiger partial charge in [0, 0.05) is 36.1 Å². The van der Waals surface area contributed by atoms with E-state index in [1.165, 1.54) is 22.7 Å². The van der Waals surface area contributed by atoms with Crippen molar-refractivity contribution in [1.29, 1.82) is 0 Å². The maximum atomic E-state index is 11.6. The molecule has 1 saturated heterocycles. The minimum absolute atomic E-state index is 0.276. The highest BCUT2D eigenvalue weighted by Gasteiger charge is 2.23. The number of carbonyl (C=O) groups excluding carboxylic acids is 2. The molecule has 0 saturated carbocycles. The molecule has 0 unspecified atom stereocenters. The topological polar surface area (TPSA) is 193 Å². The Morgan fingerprint density at radius 2 is 1.57 bits per heavy atom. The van der Waals surface area contributed by atoms with Gasteiger partial charge in [-0.15, -0.1) is 22.7 Å². The SMILES string of the molecule is CC(C)c1cc(N2CCC(N)CC2)nc2sc(C(N)=O)c(N)c12.Cc1ccnc2sc(C(N)=O)c(N)c12. The van der Waals surface area contributed by atoms with Crippen molar-refractivity contribution in [3.63, 3.8) is 0 Å². The standard InChI is InChI=1S/C16H23N5OS.C9H9N3OS/c1-8(2)10-7-11(21-5-3-9(17)4-6-21)20-16-12(10)13(18)14(23-16)15(19)22;1-4-2-3-12-9-5(4)6(10)7(14-9)8(11)13/h7-9H,3-6,17-18H2,1-2H3,(H2,19,22);2-3H,10H2,1H3,(H2,11,13). The number of aryl methyl sites for hydroxylation is 1. The minimum Gasteiger partial charge on any atom is -0.397 e. The van der Waals surface area contributed by atoms with Crippen LogP contribution in [0.4, 0.5) is 17.2 Å². The first-order valence-corrected chi connectivity index (χ1v) is 13.6. The average Bonchev–Trinajstić information content (AvgIpc) is 3.37. The second-order valence-corrected chi connectivity index (χ2v) is 11.5. The summed E-state index contributed by atoms with van der Waals surface area (Å²) < 4.78 is 0. The van der Waals surface area contributed by atoms with Crippen molar-refractivity contribution in [2.24, 2.45) is 17.2 Å². The van der Waals surface area contributed by atoms with Crippen LogP contribution in [0.2, 0.25) is 0 Å². The van der Waals surface area contributed by atoms with Crippen LogP contribution >= 0.6 is 22.7 Å². The van der Waals surface area contributed by atoms with Crippen molar-refractivity contribution in [1.82, 2.24) is 9.97 Å². The third kappa shape index (κ3) is 5.17. The van der Waals surface area contributed by atoms with E-state index in [1.807, 2.05) is 13.0 Å².